The van der Waals surface area contributed by atoms with Gasteiger partial charge in [0, 0.05) is 55.8 Å². The summed E-state index contributed by atoms with van der Waals surface area (Å²) in [4.78, 5) is 8.31. The number of aromatic nitrogens is 1. The number of nitrogens with zero attached hydrogens (tertiary/aromatic N) is 4. The number of rotatable bonds is 17. The van der Waals surface area contributed by atoms with Gasteiger partial charge in [-0.05, 0) is 93.1 Å². The second kappa shape index (κ2) is 18.2. The summed E-state index contributed by atoms with van der Waals surface area (Å²) in [7, 11) is 1.83. The zero-order valence-corrected chi connectivity index (χ0v) is 32.1. The van der Waals surface area contributed by atoms with E-state index in [-0.39, 0.29) is 32.5 Å². The Balaban J connectivity index is 1.36. The van der Waals surface area contributed by atoms with Gasteiger partial charge < -0.3 is 34.4 Å². The molecule has 0 saturated carbocycles. The van der Waals surface area contributed by atoms with Gasteiger partial charge in [-0.3, -0.25) is 9.88 Å². The molecule has 282 valence electrons. The third kappa shape index (κ3) is 9.67. The van der Waals surface area contributed by atoms with Crippen molar-refractivity contribution in [2.24, 2.45) is 0 Å². The molecule has 0 amide bonds. The molecule has 4 aromatic rings. The van der Waals surface area contributed by atoms with Crippen LogP contribution in [0.25, 0.3) is 11.1 Å². The number of nitriles is 1. The van der Waals surface area contributed by atoms with Gasteiger partial charge in [-0.2, -0.15) is 5.26 Å². The number of likely N-dealkylation sites (tertiary alicyclic amines) is 1. The summed E-state index contributed by atoms with van der Waals surface area (Å²) in [5.74, 6) is 1.85. The molecule has 1 atom stereocenters. The van der Waals surface area contributed by atoms with E-state index in [0.717, 1.165) is 82.7 Å². The molecule has 5 rings (SSSR count). The van der Waals surface area contributed by atoms with Crippen LogP contribution in [0.4, 0.5) is 0 Å². The first kappa shape index (κ1) is 40.0. The lowest BCUT2D eigenvalue weighted by Crippen LogP contribution is -2.49. The van der Waals surface area contributed by atoms with Crippen LogP contribution in [0.3, 0.4) is 0 Å². The van der Waals surface area contributed by atoms with Crippen LogP contribution in [-0.4, -0.2) is 88.2 Å². The average Bonchev–Trinajstić information content (AvgIpc) is 3.59. The molecule has 1 aliphatic rings. The lowest BCUT2D eigenvalue weighted by atomic mass is 9.93. The van der Waals surface area contributed by atoms with Gasteiger partial charge in [0.2, 0.25) is 0 Å². The number of β-amino-alcohol motifs (C(OH)–C–C–N with tert-alkyl or cyclic N) is 1. The molecule has 1 fully saturated rings. The first-order chi connectivity index (χ1) is 25.5. The van der Waals surface area contributed by atoms with Gasteiger partial charge in [-0.15, -0.1) is 0 Å². The number of aliphatic hydroxyl groups excluding tert-OH is 3. The molecule has 1 aliphatic heterocycles. The van der Waals surface area contributed by atoms with Crippen molar-refractivity contribution in [3.8, 4) is 34.4 Å². The smallest absolute Gasteiger partial charge is 0.142 e. The van der Waals surface area contributed by atoms with E-state index in [1.165, 1.54) is 6.20 Å². The Morgan fingerprint density at radius 3 is 2.36 bits per heavy atom. The van der Waals surface area contributed by atoms with E-state index in [1.807, 2.05) is 43.1 Å². The van der Waals surface area contributed by atoms with E-state index in [4.69, 9.17) is 25.8 Å². The zero-order chi connectivity index (χ0) is 38.1. The van der Waals surface area contributed by atoms with E-state index < -0.39 is 5.54 Å². The van der Waals surface area contributed by atoms with Gasteiger partial charge in [0.15, 0.2) is 0 Å². The predicted molar refractivity (Wildman–Crippen MR) is 206 cm³/mol. The summed E-state index contributed by atoms with van der Waals surface area (Å²) in [6.07, 6.45) is 4.68. The maximum Gasteiger partial charge on any atom is 0.142 e. The van der Waals surface area contributed by atoms with Crippen molar-refractivity contribution in [3.05, 3.63) is 105 Å². The first-order valence-corrected chi connectivity index (χ1v) is 18.4. The van der Waals surface area contributed by atoms with Crippen LogP contribution in [0.2, 0.25) is 5.02 Å². The van der Waals surface area contributed by atoms with Crippen molar-refractivity contribution in [2.45, 2.75) is 71.9 Å². The van der Waals surface area contributed by atoms with Crippen molar-refractivity contribution in [3.63, 3.8) is 0 Å². The van der Waals surface area contributed by atoms with Gasteiger partial charge in [-0.25, -0.2) is 0 Å². The molecule has 0 aliphatic carbocycles. The van der Waals surface area contributed by atoms with Gasteiger partial charge in [-0.1, -0.05) is 41.9 Å². The normalized spacial score (nSPS) is 14.8. The maximum absolute atomic E-state index is 10.1. The molecule has 1 saturated heterocycles. The van der Waals surface area contributed by atoms with Crippen LogP contribution in [0, 0.1) is 32.1 Å². The minimum Gasteiger partial charge on any atom is -0.493 e. The second-order valence-electron chi connectivity index (χ2n) is 14.2. The Hall–Kier alpha value is -4.21. The lowest BCUT2D eigenvalue weighted by Gasteiger charge is -2.36. The molecular formula is C42H51ClN4O6. The summed E-state index contributed by atoms with van der Waals surface area (Å²) >= 11 is 6.99. The lowest BCUT2D eigenvalue weighted by molar-refractivity contribution is 0.0103. The van der Waals surface area contributed by atoms with Gasteiger partial charge in [0.05, 0.1) is 42.0 Å². The molecular weight excluding hydrogens is 692 g/mol. The van der Waals surface area contributed by atoms with Crippen LogP contribution >= 0.6 is 11.6 Å². The number of benzene rings is 3. The van der Waals surface area contributed by atoms with Crippen molar-refractivity contribution in [2.75, 3.05) is 46.5 Å². The molecule has 11 heteroatoms. The number of halogens is 1. The zero-order valence-electron chi connectivity index (χ0n) is 31.4. The Labute approximate surface area is 318 Å². The van der Waals surface area contributed by atoms with Crippen molar-refractivity contribution in [1.82, 2.24) is 14.8 Å². The van der Waals surface area contributed by atoms with Crippen LogP contribution < -0.4 is 14.2 Å². The molecule has 10 nitrogen and oxygen atoms in total. The minimum absolute atomic E-state index is 0.156. The fourth-order valence-electron chi connectivity index (χ4n) is 6.55. The van der Waals surface area contributed by atoms with Crippen molar-refractivity contribution in [1.29, 1.82) is 5.26 Å². The highest BCUT2D eigenvalue weighted by Gasteiger charge is 2.30. The molecule has 0 spiro atoms. The van der Waals surface area contributed by atoms with E-state index in [1.54, 1.807) is 25.3 Å². The largest absolute Gasteiger partial charge is 0.493 e. The molecule has 0 bridgehead atoms. The Kier molecular flexibility index (Phi) is 13.7. The molecule has 1 aromatic heterocycles. The van der Waals surface area contributed by atoms with E-state index in [9.17, 15) is 20.6 Å². The van der Waals surface area contributed by atoms with Gasteiger partial charge in [0.1, 0.15) is 36.5 Å². The van der Waals surface area contributed by atoms with Crippen LogP contribution in [0.15, 0.2) is 60.9 Å². The summed E-state index contributed by atoms with van der Waals surface area (Å²) in [6, 6.07) is 18.0. The van der Waals surface area contributed by atoms with Crippen LogP contribution in [0.1, 0.15) is 58.7 Å². The van der Waals surface area contributed by atoms with Crippen molar-refractivity contribution < 1.29 is 29.5 Å². The molecule has 1 unspecified atom stereocenters. The number of hydrogen-bond acceptors (Lipinski definition) is 10. The fraction of sp³-hybridized carbons (Fsp3) is 0.429. The minimum atomic E-state index is -0.873. The number of aliphatic hydroxyl groups is 3. The quantitative estimate of drug-likeness (QED) is 0.105. The molecule has 3 aromatic carbocycles. The van der Waals surface area contributed by atoms with E-state index in [2.05, 4.69) is 41.9 Å². The topological polar surface area (TPSA) is 132 Å². The van der Waals surface area contributed by atoms with Crippen LogP contribution in [-0.2, 0) is 19.8 Å². The summed E-state index contributed by atoms with van der Waals surface area (Å²) < 4.78 is 19.0. The summed E-state index contributed by atoms with van der Waals surface area (Å²) in [6.45, 7) is 11.3. The highest BCUT2D eigenvalue weighted by Crippen LogP contribution is 2.40. The second-order valence-corrected chi connectivity index (χ2v) is 14.6. The standard InChI is InChI=1S/C42H51ClN4O6/c1-28-33(9-6-10-35(28)36-11-7-12-38(29(36)2)51-16-8-14-47-15-13-34(50)22-47)25-53-40-18-39(52-24-32-17-31(19-44)20-45-21-32)37(30(3)41(40)43)23-46(5)42(4,26-48)27-49/h6-7,9-12,17-18,20-21,34,48-50H,8,13-16,22-27H2,1-5H3. The predicted octanol–water partition coefficient (Wildman–Crippen LogP) is 6.37. The van der Waals surface area contributed by atoms with E-state index in [0.29, 0.717) is 35.2 Å². The van der Waals surface area contributed by atoms with Crippen molar-refractivity contribution >= 4 is 11.6 Å². The van der Waals surface area contributed by atoms with Crippen LogP contribution in [0.5, 0.6) is 17.2 Å². The highest BCUT2D eigenvalue weighted by atomic mass is 35.5. The summed E-state index contributed by atoms with van der Waals surface area (Å²) in [5, 5.41) is 39.7. The number of ether oxygens (including phenoxy) is 3. The third-order valence-corrected chi connectivity index (χ3v) is 10.9. The molecule has 3 N–H and O–H groups in total. The Morgan fingerprint density at radius 1 is 0.943 bits per heavy atom. The number of hydrogen-bond donors (Lipinski definition) is 3. The van der Waals surface area contributed by atoms with Gasteiger partial charge in [0.25, 0.3) is 0 Å². The average molecular weight is 743 g/mol. The number of likely N-dealkylation sites (N-methyl/N-ethyl adjacent to an activating group) is 1. The summed E-state index contributed by atoms with van der Waals surface area (Å²) in [5.41, 5.74) is 7.17. The number of pyridine rings is 1. The molecule has 0 radical (unpaired) electrons. The monoisotopic (exact) mass is 742 g/mol. The van der Waals surface area contributed by atoms with E-state index >= 15 is 0 Å². The Morgan fingerprint density at radius 2 is 1.66 bits per heavy atom. The third-order valence-electron chi connectivity index (χ3n) is 10.4. The molecule has 2 heterocycles. The SMILES string of the molecule is Cc1c(COc2cc(OCc3cncc(C#N)c3)c(CN(C)C(C)(CO)CO)c(C)c2Cl)cccc1-c1cccc(OCCCN2CCC(O)C2)c1C. The maximum atomic E-state index is 10.1. The molecule has 53 heavy (non-hydrogen) atoms. The Bertz CT molecular complexity index is 1910. The fourth-order valence-corrected chi connectivity index (χ4v) is 6.77. The first-order valence-electron chi connectivity index (χ1n) is 18.0. The van der Waals surface area contributed by atoms with Gasteiger partial charge >= 0.3 is 0 Å². The highest BCUT2D eigenvalue weighted by molar-refractivity contribution is 6.33.